The summed E-state index contributed by atoms with van der Waals surface area (Å²) in [7, 11) is 0. The van der Waals surface area contributed by atoms with Crippen LogP contribution in [-0.2, 0) is 4.74 Å². The lowest BCUT2D eigenvalue weighted by molar-refractivity contribution is -0.128. The van der Waals surface area contributed by atoms with E-state index in [1.807, 2.05) is 25.1 Å². The average Bonchev–Trinajstić information content (AvgIpc) is 2.23. The molecule has 16 heavy (non-hydrogen) atoms. The molecule has 0 bridgehead atoms. The van der Waals surface area contributed by atoms with Crippen molar-refractivity contribution < 1.29 is 9.84 Å². The number of rotatable bonds is 4. The molecular formula is C12H16ClNO2. The number of halogens is 1. The van der Waals surface area contributed by atoms with Crippen molar-refractivity contribution in [3.8, 4) is 0 Å². The molecule has 1 aromatic carbocycles. The highest BCUT2D eigenvalue weighted by molar-refractivity contribution is 6.31. The largest absolute Gasteiger partial charge is 0.396 e. The Hall–Kier alpha value is -0.770. The van der Waals surface area contributed by atoms with Crippen LogP contribution in [0.3, 0.4) is 0 Å². The fourth-order valence-electron chi connectivity index (χ4n) is 1.72. The third-order valence-electron chi connectivity index (χ3n) is 3.07. The first kappa shape index (κ1) is 11.7. The molecule has 88 valence electrons. The number of aliphatic hydroxyl groups excluding tert-OH is 1. The van der Waals surface area contributed by atoms with Crippen LogP contribution < -0.4 is 5.32 Å². The highest BCUT2D eigenvalue weighted by Crippen LogP contribution is 2.29. The number of hydrogen-bond acceptors (Lipinski definition) is 3. The van der Waals surface area contributed by atoms with Crippen molar-refractivity contribution >= 4 is 17.3 Å². The molecule has 0 amide bonds. The smallest absolute Gasteiger partial charge is 0.0584 e. The van der Waals surface area contributed by atoms with Crippen LogP contribution in [0.1, 0.15) is 5.56 Å². The maximum Gasteiger partial charge on any atom is 0.0584 e. The van der Waals surface area contributed by atoms with Gasteiger partial charge in [0.15, 0.2) is 0 Å². The SMILES string of the molecule is Cc1c(Cl)cccc1NCC1(CO)COC1. The number of hydrogen-bond donors (Lipinski definition) is 2. The molecule has 1 aromatic rings. The summed E-state index contributed by atoms with van der Waals surface area (Å²) < 4.78 is 5.15. The number of ether oxygens (including phenoxy) is 1. The van der Waals surface area contributed by atoms with Gasteiger partial charge < -0.3 is 15.2 Å². The zero-order valence-electron chi connectivity index (χ0n) is 9.29. The van der Waals surface area contributed by atoms with Gasteiger partial charge in [0.05, 0.1) is 25.2 Å². The number of anilines is 1. The van der Waals surface area contributed by atoms with Crippen LogP contribution in [0.5, 0.6) is 0 Å². The van der Waals surface area contributed by atoms with Crippen LogP contribution in [0.4, 0.5) is 5.69 Å². The van der Waals surface area contributed by atoms with Crippen LogP contribution in [0.25, 0.3) is 0 Å². The van der Waals surface area contributed by atoms with Gasteiger partial charge in [-0.3, -0.25) is 0 Å². The van der Waals surface area contributed by atoms with Gasteiger partial charge in [-0.05, 0) is 24.6 Å². The standard InChI is InChI=1S/C12H16ClNO2/c1-9-10(13)3-2-4-11(9)14-5-12(6-15)7-16-8-12/h2-4,14-15H,5-8H2,1H3. The second-order valence-corrected chi connectivity index (χ2v) is 4.82. The summed E-state index contributed by atoms with van der Waals surface area (Å²) in [4.78, 5) is 0. The summed E-state index contributed by atoms with van der Waals surface area (Å²) >= 11 is 6.03. The van der Waals surface area contributed by atoms with E-state index in [2.05, 4.69) is 5.32 Å². The Labute approximate surface area is 100 Å². The number of aliphatic hydroxyl groups is 1. The van der Waals surface area contributed by atoms with Crippen LogP contribution in [0, 0.1) is 12.3 Å². The Kier molecular flexibility index (Phi) is 3.38. The molecule has 3 nitrogen and oxygen atoms in total. The van der Waals surface area contributed by atoms with Crippen molar-refractivity contribution in [2.75, 3.05) is 31.7 Å². The van der Waals surface area contributed by atoms with Crippen molar-refractivity contribution in [1.82, 2.24) is 0 Å². The van der Waals surface area contributed by atoms with Crippen LogP contribution >= 0.6 is 11.6 Å². The maximum atomic E-state index is 9.29. The first-order chi connectivity index (χ1) is 7.67. The quantitative estimate of drug-likeness (QED) is 0.848. The Morgan fingerprint density at radius 2 is 2.25 bits per heavy atom. The minimum Gasteiger partial charge on any atom is -0.396 e. The first-order valence-electron chi connectivity index (χ1n) is 5.34. The maximum absolute atomic E-state index is 9.29. The Balaban J connectivity index is 2.02. The third-order valence-corrected chi connectivity index (χ3v) is 3.48. The molecule has 1 saturated heterocycles. The monoisotopic (exact) mass is 241 g/mol. The molecule has 1 aliphatic rings. The summed E-state index contributed by atoms with van der Waals surface area (Å²) in [6, 6.07) is 5.78. The van der Waals surface area contributed by atoms with Gasteiger partial charge in [0.1, 0.15) is 0 Å². The van der Waals surface area contributed by atoms with E-state index in [-0.39, 0.29) is 12.0 Å². The van der Waals surface area contributed by atoms with E-state index in [0.717, 1.165) is 16.3 Å². The molecule has 0 spiro atoms. The van der Waals surface area contributed by atoms with Gasteiger partial charge in [-0.25, -0.2) is 0 Å². The van der Waals surface area contributed by atoms with Gasteiger partial charge in [-0.15, -0.1) is 0 Å². The minimum atomic E-state index is -0.116. The highest BCUT2D eigenvalue weighted by atomic mass is 35.5. The Morgan fingerprint density at radius 1 is 1.50 bits per heavy atom. The van der Waals surface area contributed by atoms with Crippen LogP contribution in [0.15, 0.2) is 18.2 Å². The van der Waals surface area contributed by atoms with E-state index in [9.17, 15) is 5.11 Å². The van der Waals surface area contributed by atoms with Crippen molar-refractivity contribution in [2.24, 2.45) is 5.41 Å². The summed E-state index contributed by atoms with van der Waals surface area (Å²) in [5.41, 5.74) is 1.94. The lowest BCUT2D eigenvalue weighted by atomic mass is 9.87. The normalized spacial score (nSPS) is 17.9. The highest BCUT2D eigenvalue weighted by Gasteiger charge is 2.37. The topological polar surface area (TPSA) is 41.5 Å². The molecule has 1 fully saturated rings. The summed E-state index contributed by atoms with van der Waals surface area (Å²) in [6.45, 7) is 4.09. The fraction of sp³-hybridized carbons (Fsp3) is 0.500. The first-order valence-corrected chi connectivity index (χ1v) is 5.72. The molecular weight excluding hydrogens is 226 g/mol. The lowest BCUT2D eigenvalue weighted by Crippen LogP contribution is -2.50. The zero-order chi connectivity index (χ0) is 11.6. The molecule has 4 heteroatoms. The molecule has 1 heterocycles. The zero-order valence-corrected chi connectivity index (χ0v) is 10.0. The predicted octanol–water partition coefficient (Wildman–Crippen LogP) is 2.07. The van der Waals surface area contributed by atoms with Gasteiger partial charge in [0.2, 0.25) is 0 Å². The van der Waals surface area contributed by atoms with Gasteiger partial charge >= 0.3 is 0 Å². The van der Waals surface area contributed by atoms with Crippen molar-refractivity contribution in [1.29, 1.82) is 0 Å². The van der Waals surface area contributed by atoms with Crippen molar-refractivity contribution in [3.05, 3.63) is 28.8 Å². The number of nitrogens with one attached hydrogen (secondary N) is 1. The molecule has 1 aliphatic heterocycles. The van der Waals surface area contributed by atoms with E-state index in [1.165, 1.54) is 0 Å². The Bertz CT molecular complexity index is 372. The molecule has 2 rings (SSSR count). The van der Waals surface area contributed by atoms with Gasteiger partial charge in [0.25, 0.3) is 0 Å². The van der Waals surface area contributed by atoms with Crippen LogP contribution in [-0.4, -0.2) is 31.5 Å². The minimum absolute atomic E-state index is 0.116. The van der Waals surface area contributed by atoms with E-state index in [0.29, 0.717) is 19.8 Å². The summed E-state index contributed by atoms with van der Waals surface area (Å²) in [5, 5.41) is 13.4. The van der Waals surface area contributed by atoms with Gasteiger partial charge in [-0.2, -0.15) is 0 Å². The second kappa shape index (κ2) is 4.62. The molecule has 2 N–H and O–H groups in total. The lowest BCUT2D eigenvalue weighted by Gasteiger charge is -2.40. The van der Waals surface area contributed by atoms with E-state index in [4.69, 9.17) is 16.3 Å². The van der Waals surface area contributed by atoms with Gasteiger partial charge in [0, 0.05) is 17.3 Å². The van der Waals surface area contributed by atoms with Gasteiger partial charge in [-0.1, -0.05) is 17.7 Å². The predicted molar refractivity (Wildman–Crippen MR) is 65.0 cm³/mol. The number of benzene rings is 1. The average molecular weight is 242 g/mol. The molecule has 0 atom stereocenters. The van der Waals surface area contributed by atoms with E-state index < -0.39 is 0 Å². The van der Waals surface area contributed by atoms with Crippen molar-refractivity contribution in [3.63, 3.8) is 0 Å². The Morgan fingerprint density at radius 3 is 2.81 bits per heavy atom. The van der Waals surface area contributed by atoms with Crippen molar-refractivity contribution in [2.45, 2.75) is 6.92 Å². The molecule has 0 aromatic heterocycles. The fourth-order valence-corrected chi connectivity index (χ4v) is 1.90. The van der Waals surface area contributed by atoms with Crippen LogP contribution in [0.2, 0.25) is 5.02 Å². The molecule has 0 aliphatic carbocycles. The molecule has 0 unspecified atom stereocenters. The summed E-state index contributed by atoms with van der Waals surface area (Å²) in [5.74, 6) is 0. The third kappa shape index (κ3) is 2.17. The second-order valence-electron chi connectivity index (χ2n) is 4.42. The summed E-state index contributed by atoms with van der Waals surface area (Å²) in [6.07, 6.45) is 0. The van der Waals surface area contributed by atoms with E-state index in [1.54, 1.807) is 0 Å². The molecule has 0 saturated carbocycles. The molecule has 0 radical (unpaired) electrons. The van der Waals surface area contributed by atoms with E-state index >= 15 is 0 Å².